The molecule has 1 nitrogen and oxygen atoms in total. The zero-order valence-corrected chi connectivity index (χ0v) is 14.4. The molecule has 0 heterocycles. The topological polar surface area (TPSA) is 20.2 Å². The number of hydrogen-bond acceptors (Lipinski definition) is 1. The van der Waals surface area contributed by atoms with Gasteiger partial charge in [-0.2, -0.15) is 0 Å². The average Bonchev–Trinajstić information content (AvgIpc) is 3.28. The van der Waals surface area contributed by atoms with Gasteiger partial charge in [-0.1, -0.05) is 48.4 Å². The Hall–Kier alpha value is -1.76. The van der Waals surface area contributed by atoms with E-state index in [0.29, 0.717) is 5.75 Å². The Labute approximate surface area is 144 Å². The Balaban J connectivity index is 1.67. The van der Waals surface area contributed by atoms with Crippen molar-refractivity contribution in [1.82, 2.24) is 0 Å². The fourth-order valence-corrected chi connectivity index (χ4v) is 6.58. The van der Waals surface area contributed by atoms with Crippen LogP contribution >= 0.6 is 0 Å². The van der Waals surface area contributed by atoms with Crippen LogP contribution in [0.2, 0.25) is 0 Å². The fourth-order valence-electron chi connectivity index (χ4n) is 6.58. The molecule has 2 aromatic carbocycles. The molecule has 0 saturated heterocycles. The van der Waals surface area contributed by atoms with Crippen LogP contribution in [0, 0.1) is 30.6 Å². The molecule has 5 rings (SSSR count). The predicted molar refractivity (Wildman–Crippen MR) is 97.1 cm³/mol. The molecule has 0 spiro atoms. The van der Waals surface area contributed by atoms with Crippen molar-refractivity contribution < 1.29 is 5.11 Å². The van der Waals surface area contributed by atoms with Crippen molar-refractivity contribution in [1.29, 1.82) is 0 Å². The van der Waals surface area contributed by atoms with Crippen molar-refractivity contribution in [3.8, 4) is 5.75 Å². The highest BCUT2D eigenvalue weighted by Crippen LogP contribution is 2.68. The first kappa shape index (κ1) is 14.6. The van der Waals surface area contributed by atoms with E-state index < -0.39 is 0 Å². The van der Waals surface area contributed by atoms with Crippen LogP contribution < -0.4 is 0 Å². The monoisotopic (exact) mass is 318 g/mol. The Kier molecular flexibility index (Phi) is 3.11. The van der Waals surface area contributed by atoms with E-state index in [1.165, 1.54) is 48.8 Å². The molecule has 3 fully saturated rings. The second kappa shape index (κ2) is 5.12. The van der Waals surface area contributed by atoms with Crippen molar-refractivity contribution in [2.45, 2.75) is 44.4 Å². The van der Waals surface area contributed by atoms with Gasteiger partial charge in [-0.05, 0) is 79.5 Å². The molecule has 24 heavy (non-hydrogen) atoms. The van der Waals surface area contributed by atoms with Gasteiger partial charge in [-0.25, -0.2) is 0 Å². The number of rotatable bonds is 2. The van der Waals surface area contributed by atoms with Gasteiger partial charge >= 0.3 is 0 Å². The summed E-state index contributed by atoms with van der Waals surface area (Å²) >= 11 is 0. The Morgan fingerprint density at radius 2 is 1.50 bits per heavy atom. The molecule has 0 aliphatic heterocycles. The normalized spacial score (nSPS) is 36.9. The third kappa shape index (κ3) is 1.87. The van der Waals surface area contributed by atoms with Crippen LogP contribution in [0.1, 0.15) is 48.8 Å². The first-order valence-electron chi connectivity index (χ1n) is 9.55. The summed E-state index contributed by atoms with van der Waals surface area (Å²) in [5.41, 5.74) is 4.41. The molecule has 0 amide bonds. The molecule has 0 radical (unpaired) electrons. The summed E-state index contributed by atoms with van der Waals surface area (Å²) in [4.78, 5) is 0. The first-order valence-corrected chi connectivity index (χ1v) is 9.55. The van der Waals surface area contributed by atoms with E-state index in [0.717, 1.165) is 23.7 Å². The van der Waals surface area contributed by atoms with Gasteiger partial charge in [-0.15, -0.1) is 0 Å². The van der Waals surface area contributed by atoms with E-state index in [-0.39, 0.29) is 5.41 Å². The molecular weight excluding hydrogens is 292 g/mol. The number of phenolic OH excluding ortho intramolecular Hbond substituents is 1. The van der Waals surface area contributed by atoms with Crippen LogP contribution in [0.25, 0.3) is 0 Å². The molecule has 124 valence electrons. The van der Waals surface area contributed by atoms with E-state index in [2.05, 4.69) is 43.3 Å². The maximum Gasteiger partial charge on any atom is 0.115 e. The molecule has 5 atom stereocenters. The third-order valence-electron chi connectivity index (χ3n) is 7.47. The van der Waals surface area contributed by atoms with Gasteiger partial charge in [0.25, 0.3) is 0 Å². The standard InChI is InChI=1S/C23H26O/c1-15-5-7-17(8-6-15)23(18-9-11-19(24)12-10-18)14-16-13-22(23)21-4-2-3-20(16)21/h5-12,16,20-22,24H,2-4,13-14H2,1H3. The highest BCUT2D eigenvalue weighted by atomic mass is 16.3. The van der Waals surface area contributed by atoms with E-state index in [1.54, 1.807) is 0 Å². The number of aryl methyl sites for hydroxylation is 1. The molecule has 0 aromatic heterocycles. The highest BCUT2D eigenvalue weighted by Gasteiger charge is 2.61. The van der Waals surface area contributed by atoms with Gasteiger partial charge in [-0.3, -0.25) is 0 Å². The zero-order chi connectivity index (χ0) is 16.3. The summed E-state index contributed by atoms with van der Waals surface area (Å²) < 4.78 is 0. The van der Waals surface area contributed by atoms with Gasteiger partial charge in [0, 0.05) is 5.41 Å². The second-order valence-corrected chi connectivity index (χ2v) is 8.45. The number of benzene rings is 2. The van der Waals surface area contributed by atoms with E-state index in [9.17, 15) is 5.11 Å². The number of phenols is 1. The van der Waals surface area contributed by atoms with Crippen molar-refractivity contribution in [2.24, 2.45) is 23.7 Å². The zero-order valence-electron chi connectivity index (χ0n) is 14.4. The Morgan fingerprint density at radius 1 is 0.875 bits per heavy atom. The largest absolute Gasteiger partial charge is 0.508 e. The van der Waals surface area contributed by atoms with Crippen molar-refractivity contribution in [2.75, 3.05) is 0 Å². The molecule has 1 N–H and O–H groups in total. The van der Waals surface area contributed by atoms with Crippen LogP contribution in [0.15, 0.2) is 48.5 Å². The number of aromatic hydroxyl groups is 1. The number of fused-ring (bicyclic) bond motifs is 5. The lowest BCUT2D eigenvalue weighted by molar-refractivity contribution is 0.181. The average molecular weight is 318 g/mol. The van der Waals surface area contributed by atoms with Crippen LogP contribution in [0.5, 0.6) is 5.75 Å². The molecule has 2 bridgehead atoms. The van der Waals surface area contributed by atoms with E-state index in [1.807, 2.05) is 12.1 Å². The highest BCUT2D eigenvalue weighted by molar-refractivity contribution is 5.46. The molecule has 2 aromatic rings. The Morgan fingerprint density at radius 3 is 2.21 bits per heavy atom. The van der Waals surface area contributed by atoms with Gasteiger partial charge in [0.2, 0.25) is 0 Å². The number of hydrogen-bond donors (Lipinski definition) is 1. The molecular formula is C23H26O. The van der Waals surface area contributed by atoms with Gasteiger partial charge in [0.05, 0.1) is 0 Å². The lowest BCUT2D eigenvalue weighted by Crippen LogP contribution is -2.40. The minimum atomic E-state index is 0.164. The fraction of sp³-hybridized carbons (Fsp3) is 0.478. The summed E-state index contributed by atoms with van der Waals surface area (Å²) in [6.45, 7) is 2.17. The van der Waals surface area contributed by atoms with Crippen LogP contribution in [-0.4, -0.2) is 5.11 Å². The first-order chi connectivity index (χ1) is 11.7. The molecule has 3 aliphatic carbocycles. The van der Waals surface area contributed by atoms with Crippen LogP contribution in [0.3, 0.4) is 0 Å². The summed E-state index contributed by atoms with van der Waals surface area (Å²) in [6.07, 6.45) is 7.03. The van der Waals surface area contributed by atoms with Crippen molar-refractivity contribution >= 4 is 0 Å². The SMILES string of the molecule is Cc1ccc(C2(c3ccc(O)cc3)CC3CC2C2CCCC32)cc1. The van der Waals surface area contributed by atoms with Crippen molar-refractivity contribution in [3.05, 3.63) is 65.2 Å². The van der Waals surface area contributed by atoms with E-state index >= 15 is 0 Å². The third-order valence-corrected chi connectivity index (χ3v) is 7.47. The van der Waals surface area contributed by atoms with Gasteiger partial charge < -0.3 is 5.11 Å². The van der Waals surface area contributed by atoms with Crippen molar-refractivity contribution in [3.63, 3.8) is 0 Å². The van der Waals surface area contributed by atoms with Gasteiger partial charge in [0.1, 0.15) is 5.75 Å². The summed E-state index contributed by atoms with van der Waals surface area (Å²) in [6, 6.07) is 17.4. The lowest BCUT2D eigenvalue weighted by Gasteiger charge is -2.44. The predicted octanol–water partition coefficient (Wildman–Crippen LogP) is 5.44. The van der Waals surface area contributed by atoms with Crippen LogP contribution in [-0.2, 0) is 5.41 Å². The van der Waals surface area contributed by atoms with Gasteiger partial charge in [0.15, 0.2) is 0 Å². The lowest BCUT2D eigenvalue weighted by atomic mass is 9.59. The second-order valence-electron chi connectivity index (χ2n) is 8.45. The van der Waals surface area contributed by atoms with Crippen LogP contribution in [0.4, 0.5) is 0 Å². The summed E-state index contributed by atoms with van der Waals surface area (Å²) in [5.74, 6) is 3.96. The molecule has 5 unspecified atom stereocenters. The minimum Gasteiger partial charge on any atom is -0.508 e. The summed E-state index contributed by atoms with van der Waals surface area (Å²) in [7, 11) is 0. The maximum atomic E-state index is 9.77. The smallest absolute Gasteiger partial charge is 0.115 e. The molecule has 3 saturated carbocycles. The van der Waals surface area contributed by atoms with E-state index in [4.69, 9.17) is 0 Å². The molecule has 1 heteroatoms. The maximum absolute atomic E-state index is 9.77. The quantitative estimate of drug-likeness (QED) is 0.781. The summed E-state index contributed by atoms with van der Waals surface area (Å²) in [5, 5.41) is 9.77. The Bertz CT molecular complexity index is 697. The molecule has 3 aliphatic rings. The minimum absolute atomic E-state index is 0.164.